The fourth-order valence-electron chi connectivity index (χ4n) is 0.344. The Morgan fingerprint density at radius 3 is 2.00 bits per heavy atom. The van der Waals surface area contributed by atoms with Crippen LogP contribution in [0.25, 0.3) is 0 Å². The van der Waals surface area contributed by atoms with E-state index in [1.165, 1.54) is 0 Å². The van der Waals surface area contributed by atoms with Gasteiger partial charge in [0.25, 0.3) is 0 Å². The van der Waals surface area contributed by atoms with Crippen molar-refractivity contribution in [1.82, 2.24) is 0 Å². The van der Waals surface area contributed by atoms with Crippen molar-refractivity contribution in [2.75, 3.05) is 5.75 Å². The molecule has 0 aliphatic rings. The van der Waals surface area contributed by atoms with Gasteiger partial charge in [-0.1, -0.05) is 13.8 Å². The summed E-state index contributed by atoms with van der Waals surface area (Å²) in [5.41, 5.74) is 5.52. The molecule has 50 valence electrons. The average molecular weight is 133 g/mol. The van der Waals surface area contributed by atoms with Gasteiger partial charge in [0, 0.05) is 11.8 Å². The monoisotopic (exact) mass is 133 g/mol. The lowest BCUT2D eigenvalue weighted by Crippen LogP contribution is -2.18. The van der Waals surface area contributed by atoms with E-state index in [0.29, 0.717) is 6.04 Å². The summed E-state index contributed by atoms with van der Waals surface area (Å²) >= 11 is 1.91. The van der Waals surface area contributed by atoms with E-state index in [2.05, 4.69) is 13.8 Å². The number of nitrogens with two attached hydrogens (primary N) is 1. The Kier molecular flexibility index (Phi) is 4.38. The first-order valence-corrected chi connectivity index (χ1v) is 4.05. The minimum atomic E-state index is 0.349. The first-order chi connectivity index (χ1) is 3.63. The molecule has 0 aliphatic carbocycles. The van der Waals surface area contributed by atoms with E-state index in [9.17, 15) is 0 Å². The molecule has 0 radical (unpaired) electrons. The van der Waals surface area contributed by atoms with Crippen molar-refractivity contribution >= 4 is 11.8 Å². The van der Waals surface area contributed by atoms with Crippen LogP contribution in [-0.2, 0) is 0 Å². The number of rotatable bonds is 3. The molecule has 0 amide bonds. The molecule has 0 saturated heterocycles. The SMILES string of the molecule is CC(N)CSC(C)C. The molecule has 0 aromatic carbocycles. The molecular weight excluding hydrogens is 118 g/mol. The molecule has 0 heterocycles. The number of thioether (sulfide) groups is 1. The van der Waals surface area contributed by atoms with Crippen LogP contribution < -0.4 is 5.73 Å². The maximum Gasteiger partial charge on any atom is 0.0102 e. The van der Waals surface area contributed by atoms with E-state index in [0.717, 1.165) is 11.0 Å². The normalized spacial score (nSPS) is 14.6. The Morgan fingerprint density at radius 2 is 1.88 bits per heavy atom. The van der Waals surface area contributed by atoms with Crippen LogP contribution in [0.4, 0.5) is 0 Å². The van der Waals surface area contributed by atoms with E-state index in [1.54, 1.807) is 0 Å². The zero-order valence-electron chi connectivity index (χ0n) is 5.85. The molecule has 0 fully saturated rings. The molecule has 2 heteroatoms. The molecule has 0 aliphatic heterocycles. The molecule has 0 spiro atoms. The van der Waals surface area contributed by atoms with Gasteiger partial charge in [-0.25, -0.2) is 0 Å². The Morgan fingerprint density at radius 1 is 1.38 bits per heavy atom. The molecule has 0 aromatic heterocycles. The Hall–Kier alpha value is 0.310. The Labute approximate surface area is 56.0 Å². The first-order valence-electron chi connectivity index (χ1n) is 3.00. The van der Waals surface area contributed by atoms with Gasteiger partial charge in [0.05, 0.1) is 0 Å². The molecule has 8 heavy (non-hydrogen) atoms. The number of hydrogen-bond donors (Lipinski definition) is 1. The van der Waals surface area contributed by atoms with E-state index in [1.807, 2.05) is 18.7 Å². The summed E-state index contributed by atoms with van der Waals surface area (Å²) in [6.45, 7) is 6.41. The lowest BCUT2D eigenvalue weighted by Gasteiger charge is -2.05. The Balaban J connectivity index is 2.93. The zero-order valence-corrected chi connectivity index (χ0v) is 6.66. The van der Waals surface area contributed by atoms with Gasteiger partial charge in [-0.2, -0.15) is 11.8 Å². The lowest BCUT2D eigenvalue weighted by molar-refractivity contribution is 0.844. The highest BCUT2D eigenvalue weighted by atomic mass is 32.2. The third-order valence-corrected chi connectivity index (χ3v) is 2.08. The molecule has 0 rings (SSSR count). The van der Waals surface area contributed by atoms with Gasteiger partial charge in [-0.15, -0.1) is 0 Å². The minimum absolute atomic E-state index is 0.349. The third kappa shape index (κ3) is 6.31. The quantitative estimate of drug-likeness (QED) is 0.631. The van der Waals surface area contributed by atoms with Crippen LogP contribution in [0.15, 0.2) is 0 Å². The zero-order chi connectivity index (χ0) is 6.57. The molecule has 0 saturated carbocycles. The molecule has 1 nitrogen and oxygen atoms in total. The molecule has 0 bridgehead atoms. The minimum Gasteiger partial charge on any atom is -0.327 e. The van der Waals surface area contributed by atoms with E-state index >= 15 is 0 Å². The predicted octanol–water partition coefficient (Wildman–Crippen LogP) is 1.48. The summed E-state index contributed by atoms with van der Waals surface area (Å²) in [6, 6.07) is 0.349. The van der Waals surface area contributed by atoms with Crippen LogP contribution in [0.5, 0.6) is 0 Å². The number of hydrogen-bond acceptors (Lipinski definition) is 2. The molecular formula is C6H15NS. The van der Waals surface area contributed by atoms with Gasteiger partial charge in [0.2, 0.25) is 0 Å². The van der Waals surface area contributed by atoms with Crippen LogP contribution >= 0.6 is 11.8 Å². The summed E-state index contributed by atoms with van der Waals surface area (Å²) in [6.07, 6.45) is 0. The average Bonchev–Trinajstić information content (AvgIpc) is 1.61. The molecule has 2 N–H and O–H groups in total. The first kappa shape index (κ1) is 8.31. The third-order valence-electron chi connectivity index (χ3n) is 0.692. The predicted molar refractivity (Wildman–Crippen MR) is 41.2 cm³/mol. The second-order valence-electron chi connectivity index (χ2n) is 2.36. The highest BCUT2D eigenvalue weighted by Gasteiger charge is 1.95. The topological polar surface area (TPSA) is 26.0 Å². The molecule has 1 atom stereocenters. The smallest absolute Gasteiger partial charge is 0.0102 e. The van der Waals surface area contributed by atoms with Gasteiger partial charge < -0.3 is 5.73 Å². The van der Waals surface area contributed by atoms with Gasteiger partial charge in [-0.05, 0) is 12.2 Å². The van der Waals surface area contributed by atoms with Crippen LogP contribution in [-0.4, -0.2) is 17.0 Å². The summed E-state index contributed by atoms with van der Waals surface area (Å²) < 4.78 is 0. The van der Waals surface area contributed by atoms with Crippen LogP contribution in [0.1, 0.15) is 20.8 Å². The lowest BCUT2D eigenvalue weighted by atomic mass is 10.4. The Bertz CT molecular complexity index is 44.5. The highest BCUT2D eigenvalue weighted by molar-refractivity contribution is 7.99. The van der Waals surface area contributed by atoms with E-state index in [-0.39, 0.29) is 0 Å². The van der Waals surface area contributed by atoms with Gasteiger partial charge in [0.1, 0.15) is 0 Å². The van der Waals surface area contributed by atoms with E-state index in [4.69, 9.17) is 5.73 Å². The summed E-state index contributed by atoms with van der Waals surface area (Å²) in [5, 5.41) is 0.723. The van der Waals surface area contributed by atoms with Crippen molar-refractivity contribution in [3.63, 3.8) is 0 Å². The highest BCUT2D eigenvalue weighted by Crippen LogP contribution is 2.08. The van der Waals surface area contributed by atoms with Crippen LogP contribution in [0, 0.1) is 0 Å². The van der Waals surface area contributed by atoms with Crippen molar-refractivity contribution in [2.45, 2.75) is 32.1 Å². The van der Waals surface area contributed by atoms with Gasteiger partial charge >= 0.3 is 0 Å². The largest absolute Gasteiger partial charge is 0.327 e. The molecule has 1 unspecified atom stereocenters. The van der Waals surface area contributed by atoms with Crippen molar-refractivity contribution in [1.29, 1.82) is 0 Å². The summed E-state index contributed by atoms with van der Waals surface area (Å²) in [4.78, 5) is 0. The van der Waals surface area contributed by atoms with Crippen molar-refractivity contribution in [3.05, 3.63) is 0 Å². The molecule has 0 aromatic rings. The van der Waals surface area contributed by atoms with Gasteiger partial charge in [0.15, 0.2) is 0 Å². The van der Waals surface area contributed by atoms with Crippen LogP contribution in [0.3, 0.4) is 0 Å². The fraction of sp³-hybridized carbons (Fsp3) is 1.00. The van der Waals surface area contributed by atoms with Gasteiger partial charge in [-0.3, -0.25) is 0 Å². The van der Waals surface area contributed by atoms with Crippen molar-refractivity contribution in [3.8, 4) is 0 Å². The summed E-state index contributed by atoms with van der Waals surface area (Å²) in [7, 11) is 0. The fourth-order valence-corrected chi connectivity index (χ4v) is 1.03. The van der Waals surface area contributed by atoms with E-state index < -0.39 is 0 Å². The summed E-state index contributed by atoms with van der Waals surface area (Å²) in [5.74, 6) is 1.08. The van der Waals surface area contributed by atoms with Crippen molar-refractivity contribution in [2.24, 2.45) is 5.73 Å². The second-order valence-corrected chi connectivity index (χ2v) is 3.97. The second kappa shape index (κ2) is 4.21. The van der Waals surface area contributed by atoms with Crippen molar-refractivity contribution < 1.29 is 0 Å². The maximum absolute atomic E-state index is 5.52. The standard InChI is InChI=1S/C6H15NS/c1-5(2)8-4-6(3)7/h5-6H,4,7H2,1-3H3. The maximum atomic E-state index is 5.52. The van der Waals surface area contributed by atoms with Crippen LogP contribution in [0.2, 0.25) is 0 Å².